The second-order valence-corrected chi connectivity index (χ2v) is 8.92. The van der Waals surface area contributed by atoms with Crippen molar-refractivity contribution in [1.82, 2.24) is 14.8 Å². The van der Waals surface area contributed by atoms with Crippen LogP contribution in [-0.2, 0) is 0 Å². The number of benzene rings is 2. The molecule has 2 aromatic heterocycles. The van der Waals surface area contributed by atoms with Crippen LogP contribution in [0.2, 0.25) is 0 Å². The Kier molecular flexibility index (Phi) is 6.06. The Morgan fingerprint density at radius 1 is 0.941 bits per heavy atom. The third kappa shape index (κ3) is 4.28. The monoisotopic (exact) mass is 519 g/mol. The van der Waals surface area contributed by atoms with E-state index in [1.54, 1.807) is 29.0 Å². The third-order valence-electron chi connectivity index (χ3n) is 5.97. The molecule has 2 aromatic carbocycles. The number of rotatable bonds is 4. The van der Waals surface area contributed by atoms with Crippen LogP contribution in [-0.4, -0.2) is 59.9 Å². The Bertz CT molecular complexity index is 1340. The fourth-order valence-corrected chi connectivity index (χ4v) is 4.48. The Balaban J connectivity index is 1.44. The number of halogens is 1. The maximum absolute atomic E-state index is 13.7. The molecule has 172 valence electrons. The summed E-state index contributed by atoms with van der Waals surface area (Å²) in [7, 11) is 1.62. The SMILES string of the molecule is COc1ccc(-c2cc(C(=O)N3CCN(C(=O)c4ccco4)CC3)c3cc(Br)ccc3n2)cc1. The van der Waals surface area contributed by atoms with Gasteiger partial charge in [-0.25, -0.2) is 4.98 Å². The third-order valence-corrected chi connectivity index (χ3v) is 6.47. The van der Waals surface area contributed by atoms with E-state index in [0.29, 0.717) is 43.2 Å². The number of methoxy groups -OCH3 is 1. The molecular weight excluding hydrogens is 498 g/mol. The van der Waals surface area contributed by atoms with Gasteiger partial charge in [0.15, 0.2) is 5.76 Å². The summed E-state index contributed by atoms with van der Waals surface area (Å²) in [6.45, 7) is 1.79. The van der Waals surface area contributed by atoms with Gasteiger partial charge in [-0.2, -0.15) is 0 Å². The van der Waals surface area contributed by atoms with Gasteiger partial charge in [-0.3, -0.25) is 9.59 Å². The van der Waals surface area contributed by atoms with Crippen molar-refractivity contribution in [3.63, 3.8) is 0 Å². The molecule has 5 rings (SSSR count). The highest BCUT2D eigenvalue weighted by molar-refractivity contribution is 9.10. The molecule has 0 atom stereocenters. The van der Waals surface area contributed by atoms with Gasteiger partial charge in [-0.1, -0.05) is 15.9 Å². The summed E-state index contributed by atoms with van der Waals surface area (Å²) in [6.07, 6.45) is 1.49. The highest BCUT2D eigenvalue weighted by atomic mass is 79.9. The minimum Gasteiger partial charge on any atom is -0.497 e. The first-order valence-corrected chi connectivity index (χ1v) is 11.7. The fourth-order valence-electron chi connectivity index (χ4n) is 4.12. The van der Waals surface area contributed by atoms with Gasteiger partial charge in [0, 0.05) is 41.6 Å². The fraction of sp³-hybridized carbons (Fsp3) is 0.192. The van der Waals surface area contributed by atoms with E-state index >= 15 is 0 Å². The van der Waals surface area contributed by atoms with Crippen LogP contribution in [0.1, 0.15) is 20.9 Å². The molecule has 0 saturated carbocycles. The molecule has 8 heteroatoms. The summed E-state index contributed by atoms with van der Waals surface area (Å²) >= 11 is 3.51. The summed E-state index contributed by atoms with van der Waals surface area (Å²) in [5.74, 6) is 0.836. The summed E-state index contributed by atoms with van der Waals surface area (Å²) in [4.78, 5) is 34.5. The van der Waals surface area contributed by atoms with Crippen molar-refractivity contribution in [3.05, 3.63) is 82.7 Å². The minimum absolute atomic E-state index is 0.0784. The first kappa shape index (κ1) is 22.2. The number of fused-ring (bicyclic) bond motifs is 1. The van der Waals surface area contributed by atoms with Crippen LogP contribution in [0, 0.1) is 0 Å². The van der Waals surface area contributed by atoms with Gasteiger partial charge in [0.05, 0.1) is 30.1 Å². The maximum atomic E-state index is 13.7. The quantitative estimate of drug-likeness (QED) is 0.384. The lowest BCUT2D eigenvalue weighted by Crippen LogP contribution is -2.50. The molecule has 0 bridgehead atoms. The number of nitrogens with zero attached hydrogens (tertiary/aromatic N) is 3. The van der Waals surface area contributed by atoms with Crippen LogP contribution in [0.25, 0.3) is 22.2 Å². The molecule has 3 heterocycles. The number of furan rings is 1. The Morgan fingerprint density at radius 3 is 2.29 bits per heavy atom. The molecule has 0 spiro atoms. The van der Waals surface area contributed by atoms with Crippen molar-refractivity contribution >= 4 is 38.6 Å². The second kappa shape index (κ2) is 9.30. The highest BCUT2D eigenvalue weighted by Crippen LogP contribution is 2.29. The van der Waals surface area contributed by atoms with E-state index in [2.05, 4.69) is 15.9 Å². The van der Waals surface area contributed by atoms with Crippen molar-refractivity contribution in [2.75, 3.05) is 33.3 Å². The second-order valence-electron chi connectivity index (χ2n) is 8.01. The molecule has 1 aliphatic rings. The van der Waals surface area contributed by atoms with E-state index in [4.69, 9.17) is 14.1 Å². The topological polar surface area (TPSA) is 75.9 Å². The van der Waals surface area contributed by atoms with E-state index in [0.717, 1.165) is 26.7 Å². The van der Waals surface area contributed by atoms with E-state index in [-0.39, 0.29) is 11.8 Å². The molecule has 0 N–H and O–H groups in total. The lowest BCUT2D eigenvalue weighted by Gasteiger charge is -2.34. The first-order valence-electron chi connectivity index (χ1n) is 10.9. The Labute approximate surface area is 205 Å². The molecule has 34 heavy (non-hydrogen) atoms. The van der Waals surface area contributed by atoms with E-state index in [9.17, 15) is 9.59 Å². The summed E-state index contributed by atoms with van der Waals surface area (Å²) in [5.41, 5.74) is 2.94. The van der Waals surface area contributed by atoms with Gasteiger partial charge in [-0.15, -0.1) is 0 Å². The predicted molar refractivity (Wildman–Crippen MR) is 132 cm³/mol. The Hall–Kier alpha value is -3.65. The van der Waals surface area contributed by atoms with Crippen molar-refractivity contribution < 1.29 is 18.7 Å². The number of pyridine rings is 1. The molecule has 1 aliphatic heterocycles. The van der Waals surface area contributed by atoms with Crippen LogP contribution in [0.15, 0.2) is 75.8 Å². The van der Waals surface area contributed by atoms with Crippen molar-refractivity contribution in [2.45, 2.75) is 0 Å². The molecular formula is C26H22BrN3O4. The van der Waals surface area contributed by atoms with Crippen LogP contribution in [0.5, 0.6) is 5.75 Å². The summed E-state index contributed by atoms with van der Waals surface area (Å²) < 4.78 is 11.4. The zero-order valence-electron chi connectivity index (χ0n) is 18.5. The molecule has 1 fully saturated rings. The van der Waals surface area contributed by atoms with Crippen LogP contribution < -0.4 is 4.74 Å². The number of piperazine rings is 1. The number of aromatic nitrogens is 1. The predicted octanol–water partition coefficient (Wildman–Crippen LogP) is 4.86. The summed E-state index contributed by atoms with van der Waals surface area (Å²) in [5, 5.41) is 0.783. The normalized spacial score (nSPS) is 13.8. The van der Waals surface area contributed by atoms with Crippen LogP contribution in [0.3, 0.4) is 0 Å². The summed E-state index contributed by atoms with van der Waals surface area (Å²) in [6, 6.07) is 18.5. The highest BCUT2D eigenvalue weighted by Gasteiger charge is 2.28. The number of carbonyl (C=O) groups is 2. The van der Waals surface area contributed by atoms with E-state index < -0.39 is 0 Å². The van der Waals surface area contributed by atoms with Gasteiger partial charge in [0.2, 0.25) is 0 Å². The van der Waals surface area contributed by atoms with Gasteiger partial charge in [0.25, 0.3) is 11.8 Å². The smallest absolute Gasteiger partial charge is 0.289 e. The zero-order valence-corrected chi connectivity index (χ0v) is 20.1. The average Bonchev–Trinajstić information content (AvgIpc) is 3.42. The number of ether oxygens (including phenoxy) is 1. The van der Waals surface area contributed by atoms with Gasteiger partial charge < -0.3 is 19.0 Å². The van der Waals surface area contributed by atoms with E-state index in [1.807, 2.05) is 48.5 Å². The standard InChI is InChI=1S/C26H22BrN3O4/c1-33-19-7-4-17(5-8-19)23-16-21(20-15-18(27)6-9-22(20)28-23)25(31)29-10-12-30(13-11-29)26(32)24-3-2-14-34-24/h2-9,14-16H,10-13H2,1H3. The average molecular weight is 520 g/mol. The molecule has 1 saturated heterocycles. The van der Waals surface area contributed by atoms with Crippen molar-refractivity contribution in [3.8, 4) is 17.0 Å². The van der Waals surface area contributed by atoms with Gasteiger partial charge >= 0.3 is 0 Å². The number of amides is 2. The van der Waals surface area contributed by atoms with Gasteiger partial charge in [-0.05, 0) is 60.7 Å². The number of hydrogen-bond acceptors (Lipinski definition) is 5. The first-order chi connectivity index (χ1) is 16.5. The van der Waals surface area contributed by atoms with E-state index in [1.165, 1.54) is 6.26 Å². The zero-order chi connectivity index (χ0) is 23.7. The largest absolute Gasteiger partial charge is 0.497 e. The van der Waals surface area contributed by atoms with Crippen LogP contribution in [0.4, 0.5) is 0 Å². The van der Waals surface area contributed by atoms with Crippen molar-refractivity contribution in [2.24, 2.45) is 0 Å². The number of carbonyl (C=O) groups excluding carboxylic acids is 2. The molecule has 0 unspecified atom stereocenters. The molecule has 7 nitrogen and oxygen atoms in total. The lowest BCUT2D eigenvalue weighted by molar-refractivity contribution is 0.0519. The Morgan fingerprint density at radius 2 is 1.65 bits per heavy atom. The van der Waals surface area contributed by atoms with Crippen LogP contribution >= 0.6 is 15.9 Å². The van der Waals surface area contributed by atoms with Gasteiger partial charge in [0.1, 0.15) is 5.75 Å². The van der Waals surface area contributed by atoms with Crippen molar-refractivity contribution in [1.29, 1.82) is 0 Å². The molecule has 0 radical (unpaired) electrons. The minimum atomic E-state index is -0.155. The lowest BCUT2D eigenvalue weighted by atomic mass is 10.0. The maximum Gasteiger partial charge on any atom is 0.289 e. The molecule has 4 aromatic rings. The molecule has 2 amide bonds. The number of hydrogen-bond donors (Lipinski definition) is 0. The molecule has 0 aliphatic carbocycles.